The average Bonchev–Trinajstić information content (AvgIpc) is 2.77. The van der Waals surface area contributed by atoms with Crippen molar-refractivity contribution in [1.29, 1.82) is 0 Å². The van der Waals surface area contributed by atoms with Crippen LogP contribution in [0.1, 0.15) is 49.3 Å². The van der Waals surface area contributed by atoms with Crippen LogP contribution < -0.4 is 5.32 Å². The van der Waals surface area contributed by atoms with Gasteiger partial charge in [-0.25, -0.2) is 0 Å². The number of carboxylic acids is 1. The molecule has 0 saturated carbocycles. The van der Waals surface area contributed by atoms with E-state index in [1.165, 1.54) is 0 Å². The summed E-state index contributed by atoms with van der Waals surface area (Å²) in [5.41, 5.74) is 1.66. The van der Waals surface area contributed by atoms with Gasteiger partial charge >= 0.3 is 12.1 Å². The standard InChI is InChI=1S/C25H27Cl2F3N2O3/c1-15(9-10-31-14-25(28,29)30)32-23(16-5-7-19(26)8-6-16)21(17-3-2-4-20(27)11-17)12-18(24(32)35)13-22(33)34/h2-8,11,15,18,21,23,31H,9-10,12-14H2,1H3,(H,33,34). The molecule has 5 nitrogen and oxygen atoms in total. The summed E-state index contributed by atoms with van der Waals surface area (Å²) >= 11 is 12.3. The molecule has 2 N–H and O–H groups in total. The van der Waals surface area contributed by atoms with Crippen LogP contribution in [0, 0.1) is 5.92 Å². The van der Waals surface area contributed by atoms with Crippen molar-refractivity contribution in [1.82, 2.24) is 10.2 Å². The Kier molecular flexibility index (Phi) is 9.07. The van der Waals surface area contributed by atoms with Gasteiger partial charge in [0.1, 0.15) is 0 Å². The van der Waals surface area contributed by atoms with Crippen LogP contribution in [0.2, 0.25) is 10.0 Å². The number of nitrogens with zero attached hydrogens (tertiary/aromatic N) is 1. The molecule has 1 fully saturated rings. The van der Waals surface area contributed by atoms with Crippen LogP contribution in [0.4, 0.5) is 13.2 Å². The van der Waals surface area contributed by atoms with Gasteiger partial charge in [0.2, 0.25) is 5.91 Å². The second-order valence-corrected chi connectivity index (χ2v) is 9.74. The van der Waals surface area contributed by atoms with Crippen molar-refractivity contribution in [2.45, 2.75) is 50.4 Å². The van der Waals surface area contributed by atoms with Crippen LogP contribution in [0.15, 0.2) is 48.5 Å². The molecule has 190 valence electrons. The number of hydrogen-bond donors (Lipinski definition) is 2. The number of amides is 1. The maximum atomic E-state index is 13.6. The van der Waals surface area contributed by atoms with Crippen LogP contribution in [-0.2, 0) is 9.59 Å². The Morgan fingerprint density at radius 2 is 1.83 bits per heavy atom. The number of carbonyl (C=O) groups excluding carboxylic acids is 1. The van der Waals surface area contributed by atoms with Gasteiger partial charge in [-0.05, 0) is 61.7 Å². The lowest BCUT2D eigenvalue weighted by Crippen LogP contribution is -2.51. The number of piperidine rings is 1. The monoisotopic (exact) mass is 530 g/mol. The molecule has 1 saturated heterocycles. The minimum absolute atomic E-state index is 0.0449. The number of benzene rings is 2. The molecule has 1 aliphatic heterocycles. The largest absolute Gasteiger partial charge is 0.481 e. The quantitative estimate of drug-likeness (QED) is 0.386. The predicted octanol–water partition coefficient (Wildman–Crippen LogP) is 6.07. The molecule has 0 aliphatic carbocycles. The molecule has 1 aliphatic rings. The highest BCUT2D eigenvalue weighted by Gasteiger charge is 2.45. The molecular formula is C25H27Cl2F3N2O3. The van der Waals surface area contributed by atoms with Gasteiger partial charge < -0.3 is 15.3 Å². The van der Waals surface area contributed by atoms with E-state index in [4.69, 9.17) is 23.2 Å². The van der Waals surface area contributed by atoms with Crippen molar-refractivity contribution < 1.29 is 27.9 Å². The molecule has 1 amide bonds. The zero-order chi connectivity index (χ0) is 25.8. The number of nitrogens with one attached hydrogen (secondary N) is 1. The SMILES string of the molecule is CC(CCNCC(F)(F)F)N1C(=O)C(CC(=O)O)CC(c2cccc(Cl)c2)C1c1ccc(Cl)cc1. The Bertz CT molecular complexity index is 1030. The summed E-state index contributed by atoms with van der Waals surface area (Å²) in [5.74, 6) is -2.46. The summed E-state index contributed by atoms with van der Waals surface area (Å²) in [6.07, 6.45) is -4.11. The zero-order valence-corrected chi connectivity index (χ0v) is 20.6. The molecule has 2 aromatic rings. The third kappa shape index (κ3) is 7.35. The Labute approximate surface area is 212 Å². The molecule has 0 radical (unpaired) electrons. The Balaban J connectivity index is 2.00. The summed E-state index contributed by atoms with van der Waals surface area (Å²) < 4.78 is 37.7. The molecule has 3 rings (SSSR count). The maximum absolute atomic E-state index is 13.6. The molecular weight excluding hydrogens is 504 g/mol. The topological polar surface area (TPSA) is 69.6 Å². The van der Waals surface area contributed by atoms with E-state index >= 15 is 0 Å². The Hall–Kier alpha value is -2.29. The van der Waals surface area contributed by atoms with Gasteiger partial charge in [-0.15, -0.1) is 0 Å². The fraction of sp³-hybridized carbons (Fsp3) is 0.440. The first-order chi connectivity index (χ1) is 16.5. The minimum Gasteiger partial charge on any atom is -0.481 e. The molecule has 1 heterocycles. The molecule has 0 aromatic heterocycles. The van der Waals surface area contributed by atoms with Crippen LogP contribution >= 0.6 is 23.2 Å². The summed E-state index contributed by atoms with van der Waals surface area (Å²) in [4.78, 5) is 26.8. The van der Waals surface area contributed by atoms with E-state index < -0.39 is 36.7 Å². The number of carbonyl (C=O) groups is 2. The van der Waals surface area contributed by atoms with Gasteiger partial charge in [0.05, 0.1) is 19.0 Å². The number of halogens is 5. The van der Waals surface area contributed by atoms with E-state index in [1.807, 2.05) is 18.2 Å². The zero-order valence-electron chi connectivity index (χ0n) is 19.1. The van der Waals surface area contributed by atoms with Gasteiger partial charge in [-0.3, -0.25) is 9.59 Å². The number of aliphatic carboxylic acids is 1. The number of alkyl halides is 3. The van der Waals surface area contributed by atoms with E-state index in [0.29, 0.717) is 16.5 Å². The van der Waals surface area contributed by atoms with Gasteiger partial charge in [0, 0.05) is 27.9 Å². The lowest BCUT2D eigenvalue weighted by atomic mass is 9.74. The highest BCUT2D eigenvalue weighted by atomic mass is 35.5. The van der Waals surface area contributed by atoms with E-state index in [0.717, 1.165) is 11.1 Å². The van der Waals surface area contributed by atoms with Crippen molar-refractivity contribution in [3.8, 4) is 0 Å². The number of carboxylic acid groups (broad SMARTS) is 1. The van der Waals surface area contributed by atoms with Crippen LogP contribution in [0.25, 0.3) is 0 Å². The average molecular weight is 531 g/mol. The first kappa shape index (κ1) is 27.3. The molecule has 4 atom stereocenters. The Morgan fingerprint density at radius 1 is 1.14 bits per heavy atom. The van der Waals surface area contributed by atoms with Gasteiger partial charge in [-0.2, -0.15) is 13.2 Å². The van der Waals surface area contributed by atoms with E-state index in [2.05, 4.69) is 5.32 Å². The van der Waals surface area contributed by atoms with Crippen LogP contribution in [0.3, 0.4) is 0 Å². The first-order valence-electron chi connectivity index (χ1n) is 11.3. The smallest absolute Gasteiger partial charge is 0.401 e. The second-order valence-electron chi connectivity index (χ2n) is 8.86. The van der Waals surface area contributed by atoms with Gasteiger partial charge in [0.25, 0.3) is 0 Å². The molecule has 0 spiro atoms. The molecule has 0 bridgehead atoms. The lowest BCUT2D eigenvalue weighted by molar-refractivity contribution is -0.152. The number of hydrogen-bond acceptors (Lipinski definition) is 3. The fourth-order valence-corrected chi connectivity index (χ4v) is 5.06. The molecule has 2 aromatic carbocycles. The van der Waals surface area contributed by atoms with Crippen molar-refractivity contribution in [2.24, 2.45) is 5.92 Å². The maximum Gasteiger partial charge on any atom is 0.401 e. The van der Waals surface area contributed by atoms with Crippen molar-refractivity contribution >= 4 is 35.1 Å². The van der Waals surface area contributed by atoms with Crippen molar-refractivity contribution in [3.05, 3.63) is 69.7 Å². The van der Waals surface area contributed by atoms with Crippen molar-refractivity contribution in [3.63, 3.8) is 0 Å². The predicted molar refractivity (Wildman–Crippen MR) is 129 cm³/mol. The minimum atomic E-state index is -4.33. The first-order valence-corrected chi connectivity index (χ1v) is 12.0. The summed E-state index contributed by atoms with van der Waals surface area (Å²) in [5, 5.41) is 12.9. The summed E-state index contributed by atoms with van der Waals surface area (Å²) in [7, 11) is 0. The lowest BCUT2D eigenvalue weighted by Gasteiger charge is -2.47. The van der Waals surface area contributed by atoms with E-state index in [-0.39, 0.29) is 31.2 Å². The summed E-state index contributed by atoms with van der Waals surface area (Å²) in [6.45, 7) is 0.693. The summed E-state index contributed by atoms with van der Waals surface area (Å²) in [6, 6.07) is 13.4. The molecule has 4 unspecified atom stereocenters. The highest BCUT2D eigenvalue weighted by molar-refractivity contribution is 6.30. The van der Waals surface area contributed by atoms with E-state index in [1.54, 1.807) is 42.2 Å². The number of rotatable bonds is 9. The van der Waals surface area contributed by atoms with Crippen LogP contribution in [-0.4, -0.2) is 47.2 Å². The normalized spacial score (nSPS) is 21.7. The molecule has 35 heavy (non-hydrogen) atoms. The van der Waals surface area contributed by atoms with Gasteiger partial charge in [0.15, 0.2) is 0 Å². The number of likely N-dealkylation sites (tertiary alicyclic amines) is 1. The second kappa shape index (κ2) is 11.6. The molecule has 10 heteroatoms. The fourth-order valence-electron chi connectivity index (χ4n) is 4.74. The Morgan fingerprint density at radius 3 is 2.43 bits per heavy atom. The highest BCUT2D eigenvalue weighted by Crippen LogP contribution is 2.47. The third-order valence-electron chi connectivity index (χ3n) is 6.27. The van der Waals surface area contributed by atoms with Crippen molar-refractivity contribution in [2.75, 3.05) is 13.1 Å². The third-order valence-corrected chi connectivity index (χ3v) is 6.76. The van der Waals surface area contributed by atoms with Crippen LogP contribution in [0.5, 0.6) is 0 Å². The van der Waals surface area contributed by atoms with Gasteiger partial charge in [-0.1, -0.05) is 47.5 Å². The van der Waals surface area contributed by atoms with E-state index in [9.17, 15) is 27.9 Å².